The lowest BCUT2D eigenvalue weighted by atomic mass is 10.2. The minimum atomic E-state index is 0.122. The van der Waals surface area contributed by atoms with Crippen LogP contribution in [0, 0.1) is 0 Å². The molecule has 2 aromatic rings. The van der Waals surface area contributed by atoms with Crippen LogP contribution in [0.2, 0.25) is 0 Å². The minimum Gasteiger partial charge on any atom is -0.337 e. The number of aryl methyl sites for hydroxylation is 1. The van der Waals surface area contributed by atoms with Gasteiger partial charge in [0.05, 0.1) is 5.69 Å². The number of nitrogens with zero attached hydrogens (tertiary/aromatic N) is 3. The number of amides is 1. The lowest BCUT2D eigenvalue weighted by Crippen LogP contribution is -2.29. The third kappa shape index (κ3) is 2.35. The van der Waals surface area contributed by atoms with E-state index in [1.165, 1.54) is 0 Å². The normalized spacial score (nSPS) is 15.2. The molecule has 1 amide bonds. The zero-order chi connectivity index (χ0) is 14.1. The second-order valence-corrected chi connectivity index (χ2v) is 6.15. The molecule has 3 rings (SSSR count). The quantitative estimate of drug-likeness (QED) is 0.863. The molecule has 0 atom stereocenters. The molecule has 0 spiro atoms. The van der Waals surface area contributed by atoms with Gasteiger partial charge in [-0.05, 0) is 47.3 Å². The van der Waals surface area contributed by atoms with Gasteiger partial charge in [-0.1, -0.05) is 13.3 Å². The first kappa shape index (κ1) is 13.6. The fraction of sp³-hybridized carbons (Fsp3) is 0.467. The number of hydrogen-bond acceptors (Lipinski definition) is 2. The molecule has 1 aliphatic rings. The van der Waals surface area contributed by atoms with Crippen molar-refractivity contribution in [2.24, 2.45) is 0 Å². The Morgan fingerprint density at radius 1 is 1.35 bits per heavy atom. The maximum absolute atomic E-state index is 12.8. The fourth-order valence-corrected chi connectivity index (χ4v) is 3.11. The number of hydrogen-bond donors (Lipinski definition) is 0. The molecule has 0 aliphatic carbocycles. The van der Waals surface area contributed by atoms with Crippen molar-refractivity contribution in [3.63, 3.8) is 0 Å². The number of carbonyl (C=O) groups excluding carboxylic acids is 1. The molecule has 1 fully saturated rings. The van der Waals surface area contributed by atoms with Gasteiger partial charge in [-0.3, -0.25) is 9.20 Å². The summed E-state index contributed by atoms with van der Waals surface area (Å²) >= 11 is 3.47. The average Bonchev–Trinajstić information content (AvgIpc) is 3.05. The first-order valence-electron chi connectivity index (χ1n) is 7.16. The Hall–Kier alpha value is -1.36. The summed E-state index contributed by atoms with van der Waals surface area (Å²) in [5.41, 5.74) is 2.51. The number of rotatable bonds is 3. The smallest absolute Gasteiger partial charge is 0.272 e. The van der Waals surface area contributed by atoms with E-state index in [0.717, 1.165) is 60.3 Å². The fourth-order valence-electron chi connectivity index (χ4n) is 2.78. The van der Waals surface area contributed by atoms with Gasteiger partial charge in [-0.15, -0.1) is 0 Å². The summed E-state index contributed by atoms with van der Waals surface area (Å²) in [7, 11) is 0. The maximum Gasteiger partial charge on any atom is 0.272 e. The second-order valence-electron chi connectivity index (χ2n) is 5.23. The molecule has 0 radical (unpaired) electrons. The van der Waals surface area contributed by atoms with Gasteiger partial charge in [-0.25, -0.2) is 4.98 Å². The van der Waals surface area contributed by atoms with Crippen molar-refractivity contribution in [2.45, 2.75) is 32.6 Å². The summed E-state index contributed by atoms with van der Waals surface area (Å²) in [6, 6.07) is 3.91. The Morgan fingerprint density at radius 2 is 2.10 bits per heavy atom. The Morgan fingerprint density at radius 3 is 2.80 bits per heavy atom. The van der Waals surface area contributed by atoms with E-state index in [1.54, 1.807) is 0 Å². The Kier molecular flexibility index (Phi) is 3.78. The maximum atomic E-state index is 12.8. The lowest BCUT2D eigenvalue weighted by molar-refractivity contribution is 0.0784. The third-order valence-corrected chi connectivity index (χ3v) is 4.21. The number of fused-ring (bicyclic) bond motifs is 1. The molecule has 106 valence electrons. The second kappa shape index (κ2) is 5.56. The van der Waals surface area contributed by atoms with Crippen molar-refractivity contribution in [1.82, 2.24) is 14.3 Å². The van der Waals surface area contributed by atoms with Crippen molar-refractivity contribution >= 4 is 27.5 Å². The van der Waals surface area contributed by atoms with Gasteiger partial charge in [0.2, 0.25) is 0 Å². The minimum absolute atomic E-state index is 0.122. The van der Waals surface area contributed by atoms with E-state index in [1.807, 2.05) is 27.6 Å². The first-order chi connectivity index (χ1) is 9.70. The Bertz CT molecular complexity index is 644. The molecule has 2 aromatic heterocycles. The van der Waals surface area contributed by atoms with E-state index in [4.69, 9.17) is 0 Å². The van der Waals surface area contributed by atoms with Crippen LogP contribution in [0.4, 0.5) is 0 Å². The highest BCUT2D eigenvalue weighted by atomic mass is 79.9. The zero-order valence-corrected chi connectivity index (χ0v) is 13.2. The molecule has 3 heterocycles. The van der Waals surface area contributed by atoms with E-state index in [9.17, 15) is 4.79 Å². The van der Waals surface area contributed by atoms with Crippen LogP contribution < -0.4 is 0 Å². The van der Waals surface area contributed by atoms with Crippen molar-refractivity contribution < 1.29 is 4.79 Å². The summed E-state index contributed by atoms with van der Waals surface area (Å²) in [5, 5.41) is 0. The number of pyridine rings is 1. The average molecular weight is 336 g/mol. The molecule has 1 saturated heterocycles. The molecule has 0 saturated carbocycles. The predicted molar refractivity (Wildman–Crippen MR) is 82.0 cm³/mol. The third-order valence-electron chi connectivity index (χ3n) is 3.74. The van der Waals surface area contributed by atoms with Gasteiger partial charge in [-0.2, -0.15) is 0 Å². The molecule has 4 nitrogen and oxygen atoms in total. The summed E-state index contributed by atoms with van der Waals surface area (Å²) in [6.45, 7) is 3.85. The van der Waals surface area contributed by atoms with E-state index >= 15 is 0 Å². The van der Waals surface area contributed by atoms with Gasteiger partial charge in [0.1, 0.15) is 11.3 Å². The highest BCUT2D eigenvalue weighted by Gasteiger charge is 2.25. The molecule has 0 unspecified atom stereocenters. The van der Waals surface area contributed by atoms with E-state index in [2.05, 4.69) is 27.8 Å². The predicted octanol–water partition coefficient (Wildman–Crippen LogP) is 3.29. The standard InChI is InChI=1S/C15H18BrN3O/c1-2-5-12-14(15(20)18-8-3-4-9-18)19-10-11(16)6-7-13(19)17-12/h6-7,10H,2-5,8-9H2,1H3. The molecule has 1 aliphatic heterocycles. The van der Waals surface area contributed by atoms with Crippen LogP contribution in [0.25, 0.3) is 5.65 Å². The first-order valence-corrected chi connectivity index (χ1v) is 7.95. The van der Waals surface area contributed by atoms with E-state index in [0.29, 0.717) is 0 Å². The molecular formula is C15H18BrN3O. The zero-order valence-electron chi connectivity index (χ0n) is 11.6. The molecule has 0 bridgehead atoms. The van der Waals surface area contributed by atoms with Crippen LogP contribution in [-0.4, -0.2) is 33.3 Å². The topological polar surface area (TPSA) is 37.6 Å². The highest BCUT2D eigenvalue weighted by Crippen LogP contribution is 2.21. The summed E-state index contributed by atoms with van der Waals surface area (Å²) in [6.07, 6.45) is 5.98. The van der Waals surface area contributed by atoms with Crippen molar-refractivity contribution in [3.8, 4) is 0 Å². The summed E-state index contributed by atoms with van der Waals surface area (Å²) in [4.78, 5) is 19.4. The molecule has 5 heteroatoms. The van der Waals surface area contributed by atoms with Gasteiger partial charge >= 0.3 is 0 Å². The van der Waals surface area contributed by atoms with Crippen LogP contribution in [0.15, 0.2) is 22.8 Å². The van der Waals surface area contributed by atoms with Crippen molar-refractivity contribution in [2.75, 3.05) is 13.1 Å². The number of likely N-dealkylation sites (tertiary alicyclic amines) is 1. The number of imidazole rings is 1. The van der Waals surface area contributed by atoms with Gasteiger partial charge in [0, 0.05) is 23.8 Å². The number of carbonyl (C=O) groups is 1. The van der Waals surface area contributed by atoms with Crippen LogP contribution in [0.3, 0.4) is 0 Å². The number of halogens is 1. The number of aromatic nitrogens is 2. The van der Waals surface area contributed by atoms with Crippen molar-refractivity contribution in [1.29, 1.82) is 0 Å². The largest absolute Gasteiger partial charge is 0.337 e. The van der Waals surface area contributed by atoms with Crippen LogP contribution in [0.1, 0.15) is 42.4 Å². The molecule has 0 N–H and O–H groups in total. The molecular weight excluding hydrogens is 318 g/mol. The molecule has 20 heavy (non-hydrogen) atoms. The van der Waals surface area contributed by atoms with Crippen LogP contribution in [-0.2, 0) is 6.42 Å². The lowest BCUT2D eigenvalue weighted by Gasteiger charge is -2.15. The van der Waals surface area contributed by atoms with Gasteiger partial charge in [0.25, 0.3) is 5.91 Å². The Balaban J connectivity index is 2.11. The monoisotopic (exact) mass is 335 g/mol. The van der Waals surface area contributed by atoms with Crippen LogP contribution >= 0.6 is 15.9 Å². The van der Waals surface area contributed by atoms with Crippen LogP contribution in [0.5, 0.6) is 0 Å². The van der Waals surface area contributed by atoms with Gasteiger partial charge < -0.3 is 4.90 Å². The van der Waals surface area contributed by atoms with E-state index < -0.39 is 0 Å². The Labute approximate surface area is 126 Å². The van der Waals surface area contributed by atoms with Gasteiger partial charge in [0.15, 0.2) is 0 Å². The highest BCUT2D eigenvalue weighted by molar-refractivity contribution is 9.10. The SMILES string of the molecule is CCCc1nc2ccc(Br)cn2c1C(=O)N1CCCC1. The van der Waals surface area contributed by atoms with Crippen molar-refractivity contribution in [3.05, 3.63) is 34.2 Å². The summed E-state index contributed by atoms with van der Waals surface area (Å²) in [5.74, 6) is 0.122. The molecule has 0 aromatic carbocycles. The van der Waals surface area contributed by atoms with E-state index in [-0.39, 0.29) is 5.91 Å². The summed E-state index contributed by atoms with van der Waals surface area (Å²) < 4.78 is 2.89.